The van der Waals surface area contributed by atoms with Crippen LogP contribution >= 0.6 is 43.2 Å². The van der Waals surface area contributed by atoms with Gasteiger partial charge in [-0.2, -0.15) is 0 Å². The normalized spacial score (nSPS) is 10.6. The lowest BCUT2D eigenvalue weighted by molar-refractivity contribution is 0.102. The highest BCUT2D eigenvalue weighted by Crippen LogP contribution is 2.36. The van der Waals surface area contributed by atoms with E-state index in [4.69, 9.17) is 4.74 Å². The molecule has 4 rings (SSSR count). The van der Waals surface area contributed by atoms with Gasteiger partial charge in [0.2, 0.25) is 0 Å². The number of benzene rings is 2. The predicted octanol–water partition coefficient (Wildman–Crippen LogP) is 6.42. The van der Waals surface area contributed by atoms with Gasteiger partial charge in [0.1, 0.15) is 9.96 Å². The van der Waals surface area contributed by atoms with Crippen LogP contribution in [0.2, 0.25) is 0 Å². The number of sulfonamides is 1. The number of nitrogens with one attached hydrogen (secondary N) is 2. The van der Waals surface area contributed by atoms with Crippen LogP contribution < -0.4 is 14.8 Å². The minimum absolute atomic E-state index is 0.118. The van der Waals surface area contributed by atoms with Crippen molar-refractivity contribution in [1.82, 2.24) is 4.98 Å². The number of para-hydroxylation sites is 1. The number of anilines is 2. The maximum Gasteiger partial charge on any atom is 0.271 e. The zero-order valence-corrected chi connectivity index (χ0v) is 22.5. The van der Waals surface area contributed by atoms with Crippen LogP contribution in [0.3, 0.4) is 0 Å². The number of hydrogen-bond acceptors (Lipinski definition) is 6. The van der Waals surface area contributed by atoms with Gasteiger partial charge in [0.25, 0.3) is 15.9 Å². The van der Waals surface area contributed by atoms with E-state index < -0.39 is 10.0 Å². The van der Waals surface area contributed by atoms with Crippen molar-refractivity contribution in [3.8, 4) is 5.75 Å². The molecule has 0 saturated carbocycles. The molecule has 0 aliphatic rings. The molecule has 0 atom stereocenters. The number of hydrogen-bond donors (Lipinski definition) is 2. The number of nitrogens with zero attached hydrogens (tertiary/aromatic N) is 1. The fraction of sp³-hybridized carbons (Fsp3) is 0.0435. The Kier molecular flexibility index (Phi) is 9.22. The maximum absolute atomic E-state index is 12.7. The van der Waals surface area contributed by atoms with E-state index in [0.717, 1.165) is 11.3 Å². The summed E-state index contributed by atoms with van der Waals surface area (Å²) in [7, 11) is -2.43. The molecule has 7 nitrogen and oxygen atoms in total. The van der Waals surface area contributed by atoms with Crippen molar-refractivity contribution in [1.29, 1.82) is 0 Å². The summed E-state index contributed by atoms with van der Waals surface area (Å²) in [6.07, 6.45) is 3.50. The maximum atomic E-state index is 12.7. The molecule has 1 amide bonds. The van der Waals surface area contributed by atoms with E-state index in [9.17, 15) is 13.2 Å². The van der Waals surface area contributed by atoms with Crippen LogP contribution in [-0.2, 0) is 10.0 Å². The molecule has 34 heavy (non-hydrogen) atoms. The number of carbonyl (C=O) groups excluding carboxylic acids is 1. The second-order valence-electron chi connectivity index (χ2n) is 6.55. The Morgan fingerprint density at radius 3 is 2.18 bits per heavy atom. The summed E-state index contributed by atoms with van der Waals surface area (Å²) in [5.74, 6) is -0.0644. The van der Waals surface area contributed by atoms with Crippen LogP contribution in [0.1, 0.15) is 10.4 Å². The van der Waals surface area contributed by atoms with E-state index in [0.29, 0.717) is 19.7 Å². The van der Waals surface area contributed by atoms with Crippen LogP contribution in [0.25, 0.3) is 0 Å². The molecule has 4 aromatic rings. The van der Waals surface area contributed by atoms with E-state index in [2.05, 4.69) is 46.9 Å². The molecule has 0 aliphatic heterocycles. The van der Waals surface area contributed by atoms with E-state index in [1.165, 1.54) is 25.3 Å². The summed E-state index contributed by atoms with van der Waals surface area (Å²) >= 11 is 7.63. The van der Waals surface area contributed by atoms with Crippen LogP contribution in [0.5, 0.6) is 5.75 Å². The second kappa shape index (κ2) is 12.1. The smallest absolute Gasteiger partial charge is 0.271 e. The van der Waals surface area contributed by atoms with Gasteiger partial charge >= 0.3 is 0 Å². The Morgan fingerprint density at radius 2 is 1.65 bits per heavy atom. The summed E-state index contributed by atoms with van der Waals surface area (Å²) in [6.45, 7) is 0. The van der Waals surface area contributed by atoms with Crippen molar-refractivity contribution in [2.75, 3.05) is 17.1 Å². The van der Waals surface area contributed by atoms with Crippen LogP contribution in [0.4, 0.5) is 11.4 Å². The molecular weight excluding hydrogens is 606 g/mol. The minimum atomic E-state index is -3.85. The third-order valence-corrected chi connectivity index (χ3v) is 9.29. The Labute approximate surface area is 218 Å². The lowest BCUT2D eigenvalue weighted by Crippen LogP contribution is -2.15. The van der Waals surface area contributed by atoms with E-state index in [-0.39, 0.29) is 21.4 Å². The van der Waals surface area contributed by atoms with Crippen molar-refractivity contribution in [2.24, 2.45) is 0 Å². The van der Waals surface area contributed by atoms with Crippen molar-refractivity contribution in [3.05, 3.63) is 99.0 Å². The monoisotopic (exact) mass is 623 g/mol. The second-order valence-corrected chi connectivity index (χ2v) is 11.7. The van der Waals surface area contributed by atoms with Crippen LogP contribution in [0.15, 0.2) is 97.7 Å². The van der Waals surface area contributed by atoms with Gasteiger partial charge in [0.05, 0.1) is 16.6 Å². The standard InChI is InChI=1S/C18H14Br2N2O4S2.C5H5N/c1-26-15-8-7-11(18(23)21-12-5-3-2-4-6-12)9-14(15)22-28(24,25)16-10-13(19)17(20)27-16;1-2-4-6-5-3-1/h2-10,22H,1H3,(H,21,23);1-5H. The Hall–Kier alpha value is -2.73. The molecule has 0 aliphatic carbocycles. The highest BCUT2D eigenvalue weighted by molar-refractivity contribution is 9.13. The molecule has 0 radical (unpaired) electrons. The topological polar surface area (TPSA) is 97.4 Å². The summed E-state index contributed by atoms with van der Waals surface area (Å²) in [5, 5.41) is 2.76. The molecule has 176 valence electrons. The summed E-state index contributed by atoms with van der Waals surface area (Å²) < 4.78 is 34.6. The third-order valence-electron chi connectivity index (χ3n) is 4.19. The van der Waals surface area contributed by atoms with Crippen LogP contribution in [0, 0.1) is 0 Å². The van der Waals surface area contributed by atoms with E-state index in [1.54, 1.807) is 42.7 Å². The zero-order valence-electron chi connectivity index (χ0n) is 17.7. The number of methoxy groups -OCH3 is 1. The van der Waals surface area contributed by atoms with Gasteiger partial charge in [0.15, 0.2) is 0 Å². The lowest BCUT2D eigenvalue weighted by Gasteiger charge is -2.13. The number of pyridine rings is 1. The Bertz CT molecular complexity index is 1300. The Balaban J connectivity index is 0.000000469. The molecule has 0 spiro atoms. The van der Waals surface area contributed by atoms with Gasteiger partial charge < -0.3 is 10.1 Å². The number of carbonyl (C=O) groups is 1. The number of aromatic nitrogens is 1. The van der Waals surface area contributed by atoms with Crippen LogP contribution in [-0.4, -0.2) is 26.4 Å². The first-order chi connectivity index (χ1) is 16.3. The molecule has 0 bridgehead atoms. The molecule has 11 heteroatoms. The number of rotatable bonds is 6. The highest BCUT2D eigenvalue weighted by atomic mass is 79.9. The molecule has 0 fully saturated rings. The first-order valence-electron chi connectivity index (χ1n) is 9.67. The number of ether oxygens (including phenoxy) is 1. The zero-order chi connectivity index (χ0) is 24.6. The molecule has 0 saturated heterocycles. The minimum Gasteiger partial charge on any atom is -0.495 e. The predicted molar refractivity (Wildman–Crippen MR) is 142 cm³/mol. The SMILES string of the molecule is COc1ccc(C(=O)Nc2ccccc2)cc1NS(=O)(=O)c1cc(Br)c(Br)s1.c1ccncc1. The van der Waals surface area contributed by atoms with E-state index in [1.807, 2.05) is 24.3 Å². The molecule has 2 aromatic carbocycles. The first kappa shape index (κ1) is 25.9. The molecule has 2 N–H and O–H groups in total. The van der Waals surface area contributed by atoms with Crippen molar-refractivity contribution in [3.63, 3.8) is 0 Å². The van der Waals surface area contributed by atoms with Crippen molar-refractivity contribution >= 4 is 70.5 Å². The fourth-order valence-corrected chi connectivity index (χ4v) is 6.50. The lowest BCUT2D eigenvalue weighted by atomic mass is 10.1. The van der Waals surface area contributed by atoms with Gasteiger partial charge in [-0.3, -0.25) is 14.5 Å². The van der Waals surface area contributed by atoms with Gasteiger partial charge in [-0.15, -0.1) is 11.3 Å². The van der Waals surface area contributed by atoms with Gasteiger partial charge in [0, 0.05) is 28.1 Å². The summed E-state index contributed by atoms with van der Waals surface area (Å²) in [4.78, 5) is 16.3. The quantitative estimate of drug-likeness (QED) is 0.258. The van der Waals surface area contributed by atoms with Gasteiger partial charge in [-0.05, 0) is 80.4 Å². The number of halogens is 2. The summed E-state index contributed by atoms with van der Waals surface area (Å²) in [6, 6.07) is 20.7. The highest BCUT2D eigenvalue weighted by Gasteiger charge is 2.21. The third kappa shape index (κ3) is 7.13. The Morgan fingerprint density at radius 1 is 0.971 bits per heavy atom. The molecule has 0 unspecified atom stereocenters. The fourth-order valence-electron chi connectivity index (χ4n) is 2.62. The van der Waals surface area contributed by atoms with Gasteiger partial charge in [-0.25, -0.2) is 8.42 Å². The largest absolute Gasteiger partial charge is 0.495 e. The average molecular weight is 625 g/mol. The van der Waals surface area contributed by atoms with Gasteiger partial charge in [-0.1, -0.05) is 24.3 Å². The van der Waals surface area contributed by atoms with Crippen molar-refractivity contribution in [2.45, 2.75) is 4.21 Å². The van der Waals surface area contributed by atoms with Crippen molar-refractivity contribution < 1.29 is 17.9 Å². The average Bonchev–Trinajstić information content (AvgIpc) is 3.20. The number of thiophene rings is 1. The molecular formula is C23H19Br2N3O4S2. The summed E-state index contributed by atoms with van der Waals surface area (Å²) in [5.41, 5.74) is 1.10. The first-order valence-corrected chi connectivity index (χ1v) is 13.6. The molecule has 2 aromatic heterocycles. The molecule has 2 heterocycles. The van der Waals surface area contributed by atoms with E-state index >= 15 is 0 Å². The number of amides is 1.